The van der Waals surface area contributed by atoms with E-state index < -0.39 is 19.0 Å². The van der Waals surface area contributed by atoms with Crippen LogP contribution < -0.4 is 11.3 Å². The predicted molar refractivity (Wildman–Crippen MR) is 68.0 cm³/mol. The van der Waals surface area contributed by atoms with E-state index in [-0.39, 0.29) is 36.2 Å². The molecule has 3 heterocycles. The quantitative estimate of drug-likeness (QED) is 0.523. The van der Waals surface area contributed by atoms with Crippen molar-refractivity contribution >= 4 is 24.7 Å². The van der Waals surface area contributed by atoms with Crippen molar-refractivity contribution in [3.8, 4) is 0 Å². The van der Waals surface area contributed by atoms with E-state index >= 15 is 0 Å². The van der Waals surface area contributed by atoms with E-state index in [9.17, 15) is 9.36 Å². The predicted octanol–water partition coefficient (Wildman–Crippen LogP) is -0.833. The van der Waals surface area contributed by atoms with Crippen LogP contribution in [0.5, 0.6) is 0 Å². The van der Waals surface area contributed by atoms with Gasteiger partial charge in [0.15, 0.2) is 17.0 Å². The van der Waals surface area contributed by atoms with Crippen LogP contribution in [0.1, 0.15) is 12.5 Å². The highest BCUT2D eigenvalue weighted by Crippen LogP contribution is 2.48. The van der Waals surface area contributed by atoms with Crippen molar-refractivity contribution in [1.82, 2.24) is 19.5 Å². The average Bonchev–Trinajstić information content (AvgIpc) is 2.92. The summed E-state index contributed by atoms with van der Waals surface area (Å²) in [7, 11) is -4.30. The van der Waals surface area contributed by atoms with E-state index in [1.165, 1.54) is 6.33 Å². The molecule has 2 aromatic rings. The van der Waals surface area contributed by atoms with Crippen molar-refractivity contribution in [3.05, 3.63) is 16.7 Å². The minimum absolute atomic E-state index is 0.0466. The number of imidazole rings is 1. The van der Waals surface area contributed by atoms with E-state index in [4.69, 9.17) is 20.3 Å². The van der Waals surface area contributed by atoms with Gasteiger partial charge in [0.25, 0.3) is 5.56 Å². The summed E-state index contributed by atoms with van der Waals surface area (Å²) < 4.78 is 17.8. The van der Waals surface area contributed by atoms with Gasteiger partial charge in [-0.05, 0) is 0 Å². The Balaban J connectivity index is 2.00. The lowest BCUT2D eigenvalue weighted by Gasteiger charge is -2.12. The number of nitrogens with two attached hydrogens (primary N) is 1. The third-order valence-electron chi connectivity index (χ3n) is 3.17. The molecule has 10 nitrogen and oxygen atoms in total. The maximum absolute atomic E-state index is 11.6. The second-order valence-electron chi connectivity index (χ2n) is 4.54. The number of rotatable bonds is 2. The summed E-state index contributed by atoms with van der Waals surface area (Å²) in [6.07, 6.45) is 1.51. The van der Waals surface area contributed by atoms with Crippen LogP contribution in [0, 0.1) is 0 Å². The molecule has 20 heavy (non-hydrogen) atoms. The second kappa shape index (κ2) is 4.38. The van der Waals surface area contributed by atoms with Crippen LogP contribution in [-0.4, -0.2) is 41.8 Å². The number of anilines is 1. The normalized spacial score (nSPS) is 23.5. The van der Waals surface area contributed by atoms with Gasteiger partial charge < -0.3 is 24.8 Å². The molecule has 0 amide bonds. The summed E-state index contributed by atoms with van der Waals surface area (Å²) in [6.45, 7) is 0.107. The fourth-order valence-corrected chi connectivity index (χ4v) is 3.03. The van der Waals surface area contributed by atoms with Crippen LogP contribution in [-0.2, 0) is 9.30 Å². The number of ether oxygens (including phenoxy) is 1. The molecule has 108 valence electrons. The van der Waals surface area contributed by atoms with Gasteiger partial charge in [-0.25, -0.2) is 4.98 Å². The standard InChI is InChI=1S/C9H12N5O5P/c10-9-12-7-6(8(15)13-9)11-3-14(7)4-1-5(19-2-4)20(16,17)18/h3-5H,1-2H2,(H2,16,17,18)(H3,10,12,13,15)/t4-,5+/m1/s1. The number of nitrogens with zero attached hydrogens (tertiary/aromatic N) is 3. The third kappa shape index (κ3) is 2.12. The van der Waals surface area contributed by atoms with Gasteiger partial charge in [0.1, 0.15) is 0 Å². The van der Waals surface area contributed by atoms with Crippen LogP contribution in [0.25, 0.3) is 11.2 Å². The lowest BCUT2D eigenvalue weighted by Crippen LogP contribution is -2.14. The Kier molecular flexibility index (Phi) is 2.91. The Morgan fingerprint density at radius 1 is 1.55 bits per heavy atom. The van der Waals surface area contributed by atoms with E-state index in [2.05, 4.69) is 15.0 Å². The SMILES string of the molecule is Nc1nc2c(ncn2[C@H]2CO[C@@H](P(=O)(O)O)C2)c(=O)[nH]1. The van der Waals surface area contributed by atoms with Crippen molar-refractivity contribution < 1.29 is 19.1 Å². The zero-order chi connectivity index (χ0) is 14.5. The lowest BCUT2D eigenvalue weighted by molar-refractivity contribution is 0.135. The summed E-state index contributed by atoms with van der Waals surface area (Å²) >= 11 is 0. The molecule has 0 spiro atoms. The molecule has 0 radical (unpaired) electrons. The first-order chi connectivity index (χ1) is 9.36. The van der Waals surface area contributed by atoms with Gasteiger partial charge in [0.2, 0.25) is 5.95 Å². The summed E-state index contributed by atoms with van der Waals surface area (Å²) in [5, 5.41) is 0. The van der Waals surface area contributed by atoms with Crippen LogP contribution in [0.15, 0.2) is 11.1 Å². The van der Waals surface area contributed by atoms with Crippen molar-refractivity contribution in [3.63, 3.8) is 0 Å². The fourth-order valence-electron chi connectivity index (χ4n) is 2.23. The van der Waals surface area contributed by atoms with Gasteiger partial charge in [-0.3, -0.25) is 14.3 Å². The van der Waals surface area contributed by atoms with Gasteiger partial charge in [0, 0.05) is 6.42 Å². The first-order valence-electron chi connectivity index (χ1n) is 5.75. The van der Waals surface area contributed by atoms with E-state index in [0.29, 0.717) is 0 Å². The number of nitrogens with one attached hydrogen (secondary N) is 1. The Labute approximate surface area is 111 Å². The molecule has 1 aliphatic rings. The van der Waals surface area contributed by atoms with Crippen LogP contribution in [0.2, 0.25) is 0 Å². The monoisotopic (exact) mass is 301 g/mol. The zero-order valence-corrected chi connectivity index (χ0v) is 11.0. The van der Waals surface area contributed by atoms with Gasteiger partial charge in [-0.15, -0.1) is 0 Å². The van der Waals surface area contributed by atoms with E-state index in [1.807, 2.05) is 0 Å². The van der Waals surface area contributed by atoms with Crippen LogP contribution in [0.4, 0.5) is 5.95 Å². The number of aromatic amines is 1. The first-order valence-corrected chi connectivity index (χ1v) is 7.43. The molecular formula is C9H12N5O5P. The smallest absolute Gasteiger partial charge is 0.354 e. The Morgan fingerprint density at radius 3 is 2.95 bits per heavy atom. The Hall–Kier alpha value is -1.74. The number of nitrogen functional groups attached to an aromatic ring is 1. The maximum Gasteiger partial charge on any atom is 0.354 e. The molecule has 1 fully saturated rings. The summed E-state index contributed by atoms with van der Waals surface area (Å²) in [5.74, 6) is -1.20. The molecule has 0 aromatic carbocycles. The van der Waals surface area contributed by atoms with Crippen molar-refractivity contribution in [1.29, 1.82) is 0 Å². The number of H-pyrrole nitrogens is 1. The molecular weight excluding hydrogens is 289 g/mol. The minimum atomic E-state index is -4.30. The second-order valence-corrected chi connectivity index (χ2v) is 6.30. The highest BCUT2D eigenvalue weighted by Gasteiger charge is 2.39. The zero-order valence-electron chi connectivity index (χ0n) is 10.1. The molecule has 1 saturated heterocycles. The number of hydrogen-bond acceptors (Lipinski definition) is 6. The van der Waals surface area contributed by atoms with E-state index in [0.717, 1.165) is 0 Å². The number of fused-ring (bicyclic) bond motifs is 1. The number of hydrogen-bond donors (Lipinski definition) is 4. The molecule has 2 aromatic heterocycles. The molecule has 0 aliphatic carbocycles. The molecule has 2 atom stereocenters. The Bertz CT molecular complexity index is 764. The summed E-state index contributed by atoms with van der Waals surface area (Å²) in [4.78, 5) is 40.1. The summed E-state index contributed by atoms with van der Waals surface area (Å²) in [6, 6.07) is -0.355. The number of aromatic nitrogens is 4. The molecule has 1 aliphatic heterocycles. The largest absolute Gasteiger partial charge is 0.369 e. The minimum Gasteiger partial charge on any atom is -0.369 e. The highest BCUT2D eigenvalue weighted by atomic mass is 31.2. The molecule has 3 rings (SSSR count). The van der Waals surface area contributed by atoms with Gasteiger partial charge >= 0.3 is 7.60 Å². The molecule has 11 heteroatoms. The fraction of sp³-hybridized carbons (Fsp3) is 0.444. The van der Waals surface area contributed by atoms with Gasteiger partial charge in [0.05, 0.1) is 19.0 Å². The third-order valence-corrected chi connectivity index (χ3v) is 4.28. The molecule has 0 saturated carbocycles. The van der Waals surface area contributed by atoms with Crippen molar-refractivity contribution in [2.24, 2.45) is 0 Å². The lowest BCUT2D eigenvalue weighted by atomic mass is 10.2. The van der Waals surface area contributed by atoms with Crippen LogP contribution in [0.3, 0.4) is 0 Å². The summed E-state index contributed by atoms with van der Waals surface area (Å²) in [5.41, 5.74) is 5.42. The topological polar surface area (TPSA) is 156 Å². The van der Waals surface area contributed by atoms with E-state index in [1.54, 1.807) is 4.57 Å². The average molecular weight is 301 g/mol. The van der Waals surface area contributed by atoms with Gasteiger partial charge in [-0.2, -0.15) is 4.98 Å². The maximum atomic E-state index is 11.6. The highest BCUT2D eigenvalue weighted by molar-refractivity contribution is 7.52. The molecule has 0 bridgehead atoms. The molecule has 0 unspecified atom stereocenters. The van der Waals surface area contributed by atoms with Gasteiger partial charge in [-0.1, -0.05) is 0 Å². The Morgan fingerprint density at radius 2 is 2.30 bits per heavy atom. The van der Waals surface area contributed by atoms with Crippen LogP contribution >= 0.6 is 7.60 Å². The van der Waals surface area contributed by atoms with Crippen molar-refractivity contribution in [2.75, 3.05) is 12.3 Å². The molecule has 5 N–H and O–H groups in total. The first kappa shape index (κ1) is 13.3. The van der Waals surface area contributed by atoms with Crippen molar-refractivity contribution in [2.45, 2.75) is 18.3 Å².